The van der Waals surface area contributed by atoms with E-state index >= 15 is 0 Å². The average Bonchev–Trinajstić information content (AvgIpc) is 3.07. The molecule has 0 fully saturated rings. The molecule has 8 N–H and O–H groups in total. The second kappa shape index (κ2) is 22.2. The minimum Gasteiger partial charge on any atom is -0.481 e. The van der Waals surface area contributed by atoms with Crippen molar-refractivity contribution in [3.8, 4) is 0 Å². The number of aldehydes is 1. The molecule has 0 aliphatic carbocycles. The van der Waals surface area contributed by atoms with E-state index < -0.39 is 121 Å². The Morgan fingerprint density at radius 2 is 1.26 bits per heavy atom. The molecule has 1 aromatic carbocycles. The van der Waals surface area contributed by atoms with Crippen molar-refractivity contribution < 1.29 is 66.5 Å². The zero-order chi connectivity index (χ0) is 43.8. The number of rotatable bonds is 22. The zero-order valence-electron chi connectivity index (χ0n) is 32.9. The van der Waals surface area contributed by atoms with Gasteiger partial charge in [-0.15, -0.1) is 0 Å². The van der Waals surface area contributed by atoms with E-state index in [0.29, 0.717) is 5.56 Å². The van der Waals surface area contributed by atoms with E-state index in [9.17, 15) is 61.4 Å². The number of halogens is 3. The molecule has 1 rings (SSSR count). The number of hydrogen-bond acceptors (Lipinski definition) is 9. The van der Waals surface area contributed by atoms with Gasteiger partial charge in [0.25, 0.3) is 0 Å². The minimum atomic E-state index is -4.77. The number of carbonyl (C=O) groups is 9. The van der Waals surface area contributed by atoms with Gasteiger partial charge in [0.15, 0.2) is 0 Å². The van der Waals surface area contributed by atoms with E-state index in [0.717, 1.165) is 5.56 Å². The number of nitrogens with one attached hydrogen (secondary N) is 6. The molecule has 0 bridgehead atoms. The van der Waals surface area contributed by atoms with Crippen LogP contribution in [0.5, 0.6) is 0 Å². The standard InChI is InChI=1S/C37H53F3N6O11/c1-19(2)14-24(33(55)42-23(18-47)17-37(38,39)40)45-35(57)30(36(5,6)7)46-34(56)25(15-22-11-9-8-10-20(22)3)44-31(53)21(4)41-32(54)26(16-29(51)52)43-27(48)12-13-28(49)50/h8-11,18-19,21,23-26,30H,12-17H2,1-7H3,(H,41,54)(H,42,55)(H,43,48)(H,44,53)(H,45,57)(H,46,56)(H,49,50)(H,51,52)/t21-,23?,24-,25-,26-,30+/m0/s1. The Morgan fingerprint density at radius 3 is 1.77 bits per heavy atom. The van der Waals surface area contributed by atoms with Gasteiger partial charge in [-0.2, -0.15) is 13.2 Å². The minimum absolute atomic E-state index is 0.0467. The van der Waals surface area contributed by atoms with Crippen molar-refractivity contribution in [2.45, 2.75) is 129 Å². The summed E-state index contributed by atoms with van der Waals surface area (Å²) in [6.07, 6.45) is -8.68. The van der Waals surface area contributed by atoms with Gasteiger partial charge >= 0.3 is 18.1 Å². The largest absolute Gasteiger partial charge is 0.481 e. The third kappa shape index (κ3) is 18.8. The summed E-state index contributed by atoms with van der Waals surface area (Å²) in [5.41, 5.74) is 0.273. The number of carboxylic acids is 2. The van der Waals surface area contributed by atoms with Gasteiger partial charge in [0.05, 0.1) is 25.3 Å². The van der Waals surface area contributed by atoms with Crippen LogP contribution in [0.25, 0.3) is 0 Å². The van der Waals surface area contributed by atoms with Crippen molar-refractivity contribution in [2.75, 3.05) is 0 Å². The lowest BCUT2D eigenvalue weighted by atomic mass is 9.85. The first-order valence-electron chi connectivity index (χ1n) is 18.0. The first-order chi connectivity index (χ1) is 26.2. The Balaban J connectivity index is 3.36. The molecule has 0 aliphatic rings. The number of carbonyl (C=O) groups excluding carboxylic acids is 7. The molecular weight excluding hydrogens is 761 g/mol. The molecule has 0 aromatic heterocycles. The quantitative estimate of drug-likeness (QED) is 0.0767. The number of aliphatic carboxylic acids is 2. The van der Waals surface area contributed by atoms with Crippen LogP contribution in [0.15, 0.2) is 24.3 Å². The first kappa shape index (κ1) is 49.5. The number of aryl methyl sites for hydroxylation is 1. The zero-order valence-corrected chi connectivity index (χ0v) is 32.9. The summed E-state index contributed by atoms with van der Waals surface area (Å²) in [5, 5.41) is 32.1. The molecule has 0 saturated carbocycles. The van der Waals surface area contributed by atoms with Crippen molar-refractivity contribution in [3.63, 3.8) is 0 Å². The molecule has 57 heavy (non-hydrogen) atoms. The number of alkyl halides is 3. The highest BCUT2D eigenvalue weighted by Gasteiger charge is 2.39. The normalized spacial score (nSPS) is 14.7. The first-order valence-corrected chi connectivity index (χ1v) is 18.0. The summed E-state index contributed by atoms with van der Waals surface area (Å²) in [6, 6.07) is -2.39. The van der Waals surface area contributed by atoms with Crippen LogP contribution in [-0.4, -0.2) is 106 Å². The highest BCUT2D eigenvalue weighted by atomic mass is 19.4. The fourth-order valence-corrected chi connectivity index (χ4v) is 5.36. The van der Waals surface area contributed by atoms with Gasteiger partial charge in [-0.25, -0.2) is 0 Å². The molecule has 0 radical (unpaired) electrons. The highest BCUT2D eigenvalue weighted by Crippen LogP contribution is 2.22. The molecule has 318 valence electrons. The molecule has 0 saturated heterocycles. The van der Waals surface area contributed by atoms with Crippen LogP contribution in [0.4, 0.5) is 13.2 Å². The maximum absolute atomic E-state index is 14.0. The van der Waals surface area contributed by atoms with E-state index in [4.69, 9.17) is 5.11 Å². The van der Waals surface area contributed by atoms with Gasteiger partial charge in [0.1, 0.15) is 36.5 Å². The average molecular weight is 815 g/mol. The molecule has 6 amide bonds. The molecule has 17 nitrogen and oxygen atoms in total. The van der Waals surface area contributed by atoms with E-state index in [-0.39, 0.29) is 25.0 Å². The van der Waals surface area contributed by atoms with Gasteiger partial charge in [0, 0.05) is 12.8 Å². The highest BCUT2D eigenvalue weighted by molar-refractivity contribution is 5.97. The molecule has 20 heteroatoms. The summed E-state index contributed by atoms with van der Waals surface area (Å²) in [4.78, 5) is 113. The van der Waals surface area contributed by atoms with Crippen LogP contribution < -0.4 is 31.9 Å². The van der Waals surface area contributed by atoms with E-state index in [1.165, 1.54) is 6.92 Å². The van der Waals surface area contributed by atoms with Crippen molar-refractivity contribution in [1.82, 2.24) is 31.9 Å². The van der Waals surface area contributed by atoms with E-state index in [2.05, 4.69) is 26.6 Å². The van der Waals surface area contributed by atoms with Crippen LogP contribution in [-0.2, 0) is 49.6 Å². The van der Waals surface area contributed by atoms with Gasteiger partial charge in [-0.1, -0.05) is 58.9 Å². The third-order valence-corrected chi connectivity index (χ3v) is 8.36. The predicted molar refractivity (Wildman–Crippen MR) is 197 cm³/mol. The number of hydrogen-bond donors (Lipinski definition) is 8. The second-order valence-corrected chi connectivity index (χ2v) is 15.1. The van der Waals surface area contributed by atoms with Crippen molar-refractivity contribution >= 4 is 53.7 Å². The smallest absolute Gasteiger partial charge is 0.391 e. The van der Waals surface area contributed by atoms with E-state index in [1.807, 2.05) is 5.32 Å². The number of carboxylic acid groups (broad SMARTS) is 2. The second-order valence-electron chi connectivity index (χ2n) is 15.1. The van der Waals surface area contributed by atoms with E-state index in [1.54, 1.807) is 65.8 Å². The molecule has 0 heterocycles. The fourth-order valence-electron chi connectivity index (χ4n) is 5.36. The lowest BCUT2D eigenvalue weighted by molar-refractivity contribution is -0.147. The summed E-state index contributed by atoms with van der Waals surface area (Å²) >= 11 is 0. The molecule has 1 aromatic rings. The summed E-state index contributed by atoms with van der Waals surface area (Å²) in [5.74, 6) is -8.83. The summed E-state index contributed by atoms with van der Waals surface area (Å²) in [6.45, 7) is 11.1. The third-order valence-electron chi connectivity index (χ3n) is 8.36. The predicted octanol–water partition coefficient (Wildman–Crippen LogP) is 1.05. The van der Waals surface area contributed by atoms with Crippen LogP contribution in [0.1, 0.15) is 84.8 Å². The molecule has 1 unspecified atom stereocenters. The maximum Gasteiger partial charge on any atom is 0.391 e. The van der Waals surface area contributed by atoms with Crippen molar-refractivity contribution in [2.24, 2.45) is 11.3 Å². The fraction of sp³-hybridized carbons (Fsp3) is 0.595. The SMILES string of the molecule is Cc1ccccc1C[C@H](NC(=O)[C@H](C)NC(=O)[C@H](CC(=O)O)NC(=O)CCC(=O)O)C(=O)N[C@H](C(=O)N[C@@H](CC(C)C)C(=O)NC(C=O)CC(F)(F)F)C(C)(C)C. The van der Waals surface area contributed by atoms with Gasteiger partial charge < -0.3 is 46.9 Å². The Morgan fingerprint density at radius 1 is 0.702 bits per heavy atom. The Labute approximate surface area is 328 Å². The summed E-state index contributed by atoms with van der Waals surface area (Å²) < 4.78 is 38.9. The van der Waals surface area contributed by atoms with Crippen molar-refractivity contribution in [3.05, 3.63) is 35.4 Å². The molecule has 0 aliphatic heterocycles. The van der Waals surface area contributed by atoms with Gasteiger partial charge in [-0.05, 0) is 42.7 Å². The molecule has 0 spiro atoms. The Hall–Kier alpha value is -5.56. The Bertz CT molecular complexity index is 1630. The van der Waals surface area contributed by atoms with Crippen molar-refractivity contribution in [1.29, 1.82) is 0 Å². The lowest BCUT2D eigenvalue weighted by Gasteiger charge is -2.33. The van der Waals surface area contributed by atoms with Crippen LogP contribution in [0, 0.1) is 18.3 Å². The van der Waals surface area contributed by atoms with Crippen LogP contribution in [0.2, 0.25) is 0 Å². The van der Waals surface area contributed by atoms with Crippen LogP contribution >= 0.6 is 0 Å². The van der Waals surface area contributed by atoms with Gasteiger partial charge in [-0.3, -0.25) is 38.4 Å². The molecule has 6 atom stereocenters. The number of amides is 6. The monoisotopic (exact) mass is 814 g/mol. The lowest BCUT2D eigenvalue weighted by Crippen LogP contribution is -2.62. The maximum atomic E-state index is 14.0. The summed E-state index contributed by atoms with van der Waals surface area (Å²) in [7, 11) is 0. The van der Waals surface area contributed by atoms with Crippen LogP contribution in [0.3, 0.4) is 0 Å². The van der Waals surface area contributed by atoms with Gasteiger partial charge in [0.2, 0.25) is 35.4 Å². The topological polar surface area (TPSA) is 266 Å². The molecular formula is C37H53F3N6O11. The number of benzene rings is 1. The Kier molecular flexibility index (Phi) is 19.3.